The largest absolute Gasteiger partial charge is 0.329 e. The third-order valence-electron chi connectivity index (χ3n) is 3.20. The Hall–Kier alpha value is -2.21. The molecule has 102 valence electrons. The Bertz CT molecular complexity index is 640. The van der Waals surface area contributed by atoms with Crippen molar-refractivity contribution in [2.24, 2.45) is 0 Å². The molecule has 2 heterocycles. The molecule has 20 heavy (non-hydrogen) atoms. The van der Waals surface area contributed by atoms with Gasteiger partial charge in [0, 0.05) is 23.7 Å². The van der Waals surface area contributed by atoms with Crippen LogP contribution in [0.4, 0.5) is 5.13 Å². The van der Waals surface area contributed by atoms with Gasteiger partial charge in [0.2, 0.25) is 5.91 Å². The van der Waals surface area contributed by atoms with E-state index >= 15 is 0 Å². The van der Waals surface area contributed by atoms with Crippen LogP contribution in [0.3, 0.4) is 0 Å². The summed E-state index contributed by atoms with van der Waals surface area (Å²) in [6, 6.07) is 7.54. The van der Waals surface area contributed by atoms with E-state index in [-0.39, 0.29) is 18.4 Å². The van der Waals surface area contributed by atoms with Gasteiger partial charge < -0.3 is 10.2 Å². The second-order valence-electron chi connectivity index (χ2n) is 4.52. The summed E-state index contributed by atoms with van der Waals surface area (Å²) in [5.74, 6) is -0.297. The molecule has 0 radical (unpaired) electrons. The Morgan fingerprint density at radius 3 is 3.05 bits per heavy atom. The van der Waals surface area contributed by atoms with Gasteiger partial charge in [0.15, 0.2) is 5.13 Å². The number of aromatic nitrogens is 1. The molecular weight excluding hydrogens is 274 g/mol. The predicted molar refractivity (Wildman–Crippen MR) is 76.8 cm³/mol. The molecule has 6 heteroatoms. The van der Waals surface area contributed by atoms with Crippen molar-refractivity contribution in [1.82, 2.24) is 9.88 Å². The summed E-state index contributed by atoms with van der Waals surface area (Å²) in [6.45, 7) is 0.633. The maximum Gasteiger partial charge on any atom is 0.254 e. The van der Waals surface area contributed by atoms with Crippen molar-refractivity contribution in [2.45, 2.75) is 6.42 Å². The van der Waals surface area contributed by atoms with Crippen molar-refractivity contribution >= 4 is 28.3 Å². The van der Waals surface area contributed by atoms with E-state index in [1.54, 1.807) is 16.5 Å². The van der Waals surface area contributed by atoms with Crippen molar-refractivity contribution < 1.29 is 9.59 Å². The number of thiazole rings is 1. The fraction of sp³-hybridized carbons (Fsp3) is 0.214. The van der Waals surface area contributed by atoms with Gasteiger partial charge in [-0.1, -0.05) is 18.2 Å². The topological polar surface area (TPSA) is 62.3 Å². The highest BCUT2D eigenvalue weighted by Gasteiger charge is 2.25. The number of carbonyl (C=O) groups excluding carboxylic acids is 2. The summed E-state index contributed by atoms with van der Waals surface area (Å²) in [5, 5.41) is 5.03. The minimum absolute atomic E-state index is 0.0622. The first-order valence-electron chi connectivity index (χ1n) is 6.30. The van der Waals surface area contributed by atoms with Crippen LogP contribution in [0.1, 0.15) is 15.9 Å². The number of benzene rings is 1. The Labute approximate surface area is 120 Å². The molecule has 1 aromatic heterocycles. The monoisotopic (exact) mass is 287 g/mol. The van der Waals surface area contributed by atoms with Gasteiger partial charge in [0.25, 0.3) is 5.91 Å². The van der Waals surface area contributed by atoms with Crippen LogP contribution in [0.2, 0.25) is 0 Å². The molecule has 1 N–H and O–H groups in total. The van der Waals surface area contributed by atoms with Crippen molar-refractivity contribution in [3.05, 3.63) is 47.0 Å². The van der Waals surface area contributed by atoms with Gasteiger partial charge in [-0.2, -0.15) is 0 Å². The summed E-state index contributed by atoms with van der Waals surface area (Å²) in [4.78, 5) is 29.7. The zero-order valence-corrected chi connectivity index (χ0v) is 11.5. The number of fused-ring (bicyclic) bond motifs is 1. The van der Waals surface area contributed by atoms with Crippen LogP contribution in [0.5, 0.6) is 0 Å². The lowest BCUT2D eigenvalue weighted by Crippen LogP contribution is -2.42. The average molecular weight is 287 g/mol. The van der Waals surface area contributed by atoms with E-state index in [1.165, 1.54) is 11.3 Å². The molecule has 0 atom stereocenters. The predicted octanol–water partition coefficient (Wildman–Crippen LogP) is 1.78. The van der Waals surface area contributed by atoms with Crippen LogP contribution >= 0.6 is 11.3 Å². The van der Waals surface area contributed by atoms with E-state index < -0.39 is 0 Å². The first-order valence-corrected chi connectivity index (χ1v) is 7.18. The summed E-state index contributed by atoms with van der Waals surface area (Å²) in [5.41, 5.74) is 1.75. The quantitative estimate of drug-likeness (QED) is 0.936. The van der Waals surface area contributed by atoms with Gasteiger partial charge in [0.05, 0.1) is 0 Å². The average Bonchev–Trinajstić information content (AvgIpc) is 2.95. The van der Waals surface area contributed by atoms with Gasteiger partial charge in [-0.25, -0.2) is 4.98 Å². The van der Waals surface area contributed by atoms with Gasteiger partial charge in [-0.05, 0) is 18.1 Å². The Morgan fingerprint density at radius 1 is 1.40 bits per heavy atom. The minimum Gasteiger partial charge on any atom is -0.329 e. The van der Waals surface area contributed by atoms with Crippen LogP contribution < -0.4 is 5.32 Å². The normalized spacial score (nSPS) is 14.0. The zero-order chi connectivity index (χ0) is 13.9. The molecule has 1 aliphatic heterocycles. The molecule has 3 rings (SSSR count). The fourth-order valence-corrected chi connectivity index (χ4v) is 2.79. The molecule has 1 aromatic carbocycles. The third kappa shape index (κ3) is 2.55. The molecule has 2 aromatic rings. The summed E-state index contributed by atoms with van der Waals surface area (Å²) in [7, 11) is 0. The zero-order valence-electron chi connectivity index (χ0n) is 10.7. The highest BCUT2D eigenvalue weighted by atomic mass is 32.1. The standard InChI is InChI=1S/C14H13N3O2S/c18-12(16-14-15-6-8-20-14)9-17-7-5-10-3-1-2-4-11(10)13(17)19/h1-4,6,8H,5,7,9H2,(H,15,16,18). The number of rotatable bonds is 3. The van der Waals surface area contributed by atoms with E-state index in [4.69, 9.17) is 0 Å². The van der Waals surface area contributed by atoms with E-state index in [0.29, 0.717) is 17.2 Å². The molecule has 2 amide bonds. The second kappa shape index (κ2) is 5.42. The van der Waals surface area contributed by atoms with Gasteiger partial charge in [0.1, 0.15) is 6.54 Å². The first-order chi connectivity index (χ1) is 9.74. The maximum atomic E-state index is 12.3. The molecule has 0 unspecified atom stereocenters. The number of nitrogens with zero attached hydrogens (tertiary/aromatic N) is 2. The van der Waals surface area contributed by atoms with Crippen LogP contribution in [0.15, 0.2) is 35.8 Å². The van der Waals surface area contributed by atoms with E-state index in [2.05, 4.69) is 10.3 Å². The lowest BCUT2D eigenvalue weighted by atomic mass is 9.99. The second-order valence-corrected chi connectivity index (χ2v) is 5.41. The molecule has 5 nitrogen and oxygen atoms in total. The molecule has 1 aliphatic rings. The molecule has 0 saturated heterocycles. The minimum atomic E-state index is -0.215. The summed E-state index contributed by atoms with van der Waals surface area (Å²) < 4.78 is 0. The van der Waals surface area contributed by atoms with Gasteiger partial charge in [-0.3, -0.25) is 9.59 Å². The Balaban J connectivity index is 1.67. The molecule has 0 fully saturated rings. The number of nitrogens with one attached hydrogen (secondary N) is 1. The van der Waals surface area contributed by atoms with Gasteiger partial charge in [-0.15, -0.1) is 11.3 Å². The number of anilines is 1. The van der Waals surface area contributed by atoms with Crippen molar-refractivity contribution in [3.8, 4) is 0 Å². The lowest BCUT2D eigenvalue weighted by molar-refractivity contribution is -0.116. The van der Waals surface area contributed by atoms with E-state index in [9.17, 15) is 9.59 Å². The maximum absolute atomic E-state index is 12.3. The summed E-state index contributed by atoms with van der Waals surface area (Å²) in [6.07, 6.45) is 2.41. The smallest absolute Gasteiger partial charge is 0.254 e. The highest BCUT2D eigenvalue weighted by Crippen LogP contribution is 2.18. The SMILES string of the molecule is O=C(CN1CCc2ccccc2C1=O)Nc1nccs1. The number of amides is 2. The van der Waals surface area contributed by atoms with Crippen LogP contribution in [0.25, 0.3) is 0 Å². The fourth-order valence-electron chi connectivity index (χ4n) is 2.24. The van der Waals surface area contributed by atoms with Crippen LogP contribution in [-0.2, 0) is 11.2 Å². The number of carbonyl (C=O) groups is 2. The van der Waals surface area contributed by atoms with Crippen molar-refractivity contribution in [3.63, 3.8) is 0 Å². The molecule has 0 bridgehead atoms. The number of hydrogen-bond donors (Lipinski definition) is 1. The van der Waals surface area contributed by atoms with Crippen molar-refractivity contribution in [2.75, 3.05) is 18.4 Å². The molecule has 0 aliphatic carbocycles. The van der Waals surface area contributed by atoms with E-state index in [1.807, 2.05) is 24.3 Å². The van der Waals surface area contributed by atoms with Crippen molar-refractivity contribution in [1.29, 1.82) is 0 Å². The lowest BCUT2D eigenvalue weighted by Gasteiger charge is -2.27. The Kier molecular flexibility index (Phi) is 3.47. The molecule has 0 spiro atoms. The third-order valence-corrected chi connectivity index (χ3v) is 3.89. The van der Waals surface area contributed by atoms with Crippen LogP contribution in [0, 0.1) is 0 Å². The van der Waals surface area contributed by atoms with Gasteiger partial charge >= 0.3 is 0 Å². The first kappa shape index (κ1) is 12.8. The Morgan fingerprint density at radius 2 is 2.25 bits per heavy atom. The number of hydrogen-bond acceptors (Lipinski definition) is 4. The molecule has 0 saturated carbocycles. The highest BCUT2D eigenvalue weighted by molar-refractivity contribution is 7.13. The van der Waals surface area contributed by atoms with Crippen LogP contribution in [-0.4, -0.2) is 34.8 Å². The molecular formula is C14H13N3O2S. The summed E-state index contributed by atoms with van der Waals surface area (Å²) >= 11 is 1.36. The van der Waals surface area contributed by atoms with E-state index in [0.717, 1.165) is 12.0 Å².